The van der Waals surface area contributed by atoms with Gasteiger partial charge in [0.1, 0.15) is 16.5 Å². The highest BCUT2D eigenvalue weighted by molar-refractivity contribution is 6.34. The van der Waals surface area contributed by atoms with E-state index in [4.69, 9.17) is 23.2 Å². The predicted octanol–water partition coefficient (Wildman–Crippen LogP) is 4.88. The first-order valence-electron chi connectivity index (χ1n) is 7.03. The Morgan fingerprint density at radius 3 is 2.54 bits per heavy atom. The van der Waals surface area contributed by atoms with Crippen molar-refractivity contribution >= 4 is 34.8 Å². The van der Waals surface area contributed by atoms with E-state index in [-0.39, 0.29) is 16.5 Å². The van der Waals surface area contributed by atoms with Gasteiger partial charge in [0.25, 0.3) is 5.91 Å². The molecule has 122 valence electrons. The van der Waals surface area contributed by atoms with Gasteiger partial charge in [-0.05, 0) is 49.4 Å². The largest absolute Gasteiger partial charge is 0.322 e. The van der Waals surface area contributed by atoms with Crippen LogP contribution in [0, 0.1) is 12.7 Å². The number of nitrogens with zero attached hydrogens (tertiary/aromatic N) is 2. The van der Waals surface area contributed by atoms with Gasteiger partial charge in [0, 0.05) is 10.7 Å². The van der Waals surface area contributed by atoms with Crippen LogP contribution in [0.2, 0.25) is 10.2 Å². The molecule has 0 bridgehead atoms. The topological polar surface area (TPSA) is 46.9 Å². The zero-order chi connectivity index (χ0) is 17.3. The molecule has 1 aromatic heterocycles. The first kappa shape index (κ1) is 16.5. The zero-order valence-corrected chi connectivity index (χ0v) is 14.1. The van der Waals surface area contributed by atoms with Crippen LogP contribution in [-0.4, -0.2) is 15.7 Å². The van der Waals surface area contributed by atoms with Crippen LogP contribution in [0.3, 0.4) is 0 Å². The van der Waals surface area contributed by atoms with Crippen molar-refractivity contribution in [1.82, 2.24) is 9.78 Å². The third kappa shape index (κ3) is 3.27. The first-order chi connectivity index (χ1) is 11.5. The normalized spacial score (nSPS) is 10.7. The summed E-state index contributed by atoms with van der Waals surface area (Å²) in [4.78, 5) is 12.5. The monoisotopic (exact) mass is 363 g/mol. The van der Waals surface area contributed by atoms with Crippen molar-refractivity contribution in [3.8, 4) is 5.69 Å². The standard InChI is InChI=1S/C17H12Cl2FN3O/c1-10-15(17(24)21-13-4-2-3-11(18)9-13)16(19)23(22-10)14-7-5-12(20)6-8-14/h2-9H,1H3,(H,21,24). The lowest BCUT2D eigenvalue weighted by molar-refractivity contribution is 0.102. The molecule has 0 aliphatic heterocycles. The van der Waals surface area contributed by atoms with Crippen LogP contribution in [0.15, 0.2) is 48.5 Å². The Hall–Kier alpha value is -2.37. The van der Waals surface area contributed by atoms with Gasteiger partial charge >= 0.3 is 0 Å². The zero-order valence-electron chi connectivity index (χ0n) is 12.6. The lowest BCUT2D eigenvalue weighted by Crippen LogP contribution is -2.13. The van der Waals surface area contributed by atoms with E-state index in [0.717, 1.165) is 0 Å². The summed E-state index contributed by atoms with van der Waals surface area (Å²) in [5.41, 5.74) is 1.83. The molecule has 1 heterocycles. The van der Waals surface area contributed by atoms with Crippen molar-refractivity contribution in [1.29, 1.82) is 0 Å². The van der Waals surface area contributed by atoms with E-state index in [9.17, 15) is 9.18 Å². The fourth-order valence-corrected chi connectivity index (χ4v) is 2.82. The van der Waals surface area contributed by atoms with Crippen molar-refractivity contribution in [2.24, 2.45) is 0 Å². The summed E-state index contributed by atoms with van der Waals surface area (Å²) in [6, 6.07) is 12.5. The third-order valence-electron chi connectivity index (χ3n) is 3.38. The highest BCUT2D eigenvalue weighted by Crippen LogP contribution is 2.25. The maximum atomic E-state index is 13.1. The van der Waals surface area contributed by atoms with E-state index in [1.54, 1.807) is 31.2 Å². The van der Waals surface area contributed by atoms with Gasteiger partial charge in [-0.25, -0.2) is 9.07 Å². The van der Waals surface area contributed by atoms with Crippen molar-refractivity contribution in [3.63, 3.8) is 0 Å². The fraction of sp³-hybridized carbons (Fsp3) is 0.0588. The van der Waals surface area contributed by atoms with Crippen LogP contribution in [0.5, 0.6) is 0 Å². The molecule has 0 fully saturated rings. The molecule has 0 saturated carbocycles. The fourth-order valence-electron chi connectivity index (χ4n) is 2.27. The average Bonchev–Trinajstić information content (AvgIpc) is 2.83. The highest BCUT2D eigenvalue weighted by atomic mass is 35.5. The molecule has 2 aromatic carbocycles. The molecular weight excluding hydrogens is 352 g/mol. The second-order valence-electron chi connectivity index (χ2n) is 5.10. The Kier molecular flexibility index (Phi) is 4.55. The molecule has 1 N–H and O–H groups in total. The molecule has 7 heteroatoms. The van der Waals surface area contributed by atoms with Gasteiger partial charge in [-0.3, -0.25) is 4.79 Å². The van der Waals surface area contributed by atoms with E-state index >= 15 is 0 Å². The van der Waals surface area contributed by atoms with Gasteiger partial charge in [-0.1, -0.05) is 29.3 Å². The number of carbonyl (C=O) groups is 1. The first-order valence-corrected chi connectivity index (χ1v) is 7.79. The number of hydrogen-bond acceptors (Lipinski definition) is 2. The quantitative estimate of drug-likeness (QED) is 0.720. The minimum absolute atomic E-state index is 0.152. The summed E-state index contributed by atoms with van der Waals surface area (Å²) in [6.45, 7) is 1.68. The smallest absolute Gasteiger partial charge is 0.260 e. The van der Waals surface area contributed by atoms with E-state index in [0.29, 0.717) is 22.1 Å². The molecule has 24 heavy (non-hydrogen) atoms. The summed E-state index contributed by atoms with van der Waals surface area (Å²) < 4.78 is 14.4. The van der Waals surface area contributed by atoms with Crippen molar-refractivity contribution < 1.29 is 9.18 Å². The minimum atomic E-state index is -0.395. The summed E-state index contributed by atoms with van der Waals surface area (Å²) in [5, 5.41) is 7.66. The molecule has 3 aromatic rings. The average molecular weight is 364 g/mol. The number of rotatable bonds is 3. The second-order valence-corrected chi connectivity index (χ2v) is 5.90. The molecule has 0 saturated heterocycles. The van der Waals surface area contributed by atoms with Crippen LogP contribution in [0.1, 0.15) is 16.1 Å². The lowest BCUT2D eigenvalue weighted by Gasteiger charge is -2.06. The SMILES string of the molecule is Cc1nn(-c2ccc(F)cc2)c(Cl)c1C(=O)Nc1cccc(Cl)c1. The molecule has 0 atom stereocenters. The van der Waals surface area contributed by atoms with Gasteiger partial charge in [-0.15, -0.1) is 0 Å². The molecule has 0 unspecified atom stereocenters. The number of amides is 1. The van der Waals surface area contributed by atoms with Crippen LogP contribution < -0.4 is 5.32 Å². The number of aryl methyl sites for hydroxylation is 1. The molecule has 1 amide bonds. The number of carbonyl (C=O) groups excluding carboxylic acids is 1. The van der Waals surface area contributed by atoms with Gasteiger partial charge in [0.05, 0.1) is 11.4 Å². The maximum absolute atomic E-state index is 13.1. The van der Waals surface area contributed by atoms with E-state index in [1.807, 2.05) is 0 Å². The van der Waals surface area contributed by atoms with Gasteiger partial charge in [0.2, 0.25) is 0 Å². The highest BCUT2D eigenvalue weighted by Gasteiger charge is 2.21. The van der Waals surface area contributed by atoms with Crippen LogP contribution in [-0.2, 0) is 0 Å². The van der Waals surface area contributed by atoms with Crippen molar-refractivity contribution in [3.05, 3.63) is 75.8 Å². The van der Waals surface area contributed by atoms with Gasteiger partial charge < -0.3 is 5.32 Å². The summed E-state index contributed by atoms with van der Waals surface area (Å²) in [6.07, 6.45) is 0. The molecule has 0 spiro atoms. The Labute approximate surface area is 147 Å². The summed E-state index contributed by atoms with van der Waals surface area (Å²) in [7, 11) is 0. The van der Waals surface area contributed by atoms with Crippen LogP contribution in [0.25, 0.3) is 5.69 Å². The molecule has 4 nitrogen and oxygen atoms in total. The Bertz CT molecular complexity index is 907. The Balaban J connectivity index is 1.94. The minimum Gasteiger partial charge on any atom is -0.322 e. The Morgan fingerprint density at radius 2 is 1.88 bits per heavy atom. The Morgan fingerprint density at radius 1 is 1.17 bits per heavy atom. The lowest BCUT2D eigenvalue weighted by atomic mass is 10.2. The second kappa shape index (κ2) is 6.63. The number of anilines is 1. The molecule has 0 aliphatic rings. The van der Waals surface area contributed by atoms with Gasteiger partial charge in [0.15, 0.2) is 0 Å². The van der Waals surface area contributed by atoms with E-state index < -0.39 is 5.91 Å². The number of aromatic nitrogens is 2. The summed E-state index contributed by atoms with van der Waals surface area (Å²) in [5.74, 6) is -0.759. The van der Waals surface area contributed by atoms with Crippen LogP contribution >= 0.6 is 23.2 Å². The van der Waals surface area contributed by atoms with E-state index in [1.165, 1.54) is 28.9 Å². The van der Waals surface area contributed by atoms with Crippen molar-refractivity contribution in [2.45, 2.75) is 6.92 Å². The van der Waals surface area contributed by atoms with Crippen molar-refractivity contribution in [2.75, 3.05) is 5.32 Å². The molecule has 0 radical (unpaired) electrons. The number of nitrogens with one attached hydrogen (secondary N) is 1. The molecule has 0 aliphatic carbocycles. The molecular formula is C17H12Cl2FN3O. The van der Waals surface area contributed by atoms with Crippen LogP contribution in [0.4, 0.5) is 10.1 Å². The number of hydrogen-bond donors (Lipinski definition) is 1. The third-order valence-corrected chi connectivity index (χ3v) is 3.97. The maximum Gasteiger partial charge on any atom is 0.260 e. The predicted molar refractivity (Wildman–Crippen MR) is 92.7 cm³/mol. The van der Waals surface area contributed by atoms with E-state index in [2.05, 4.69) is 10.4 Å². The number of benzene rings is 2. The van der Waals surface area contributed by atoms with Gasteiger partial charge in [-0.2, -0.15) is 5.10 Å². The summed E-state index contributed by atoms with van der Waals surface area (Å²) >= 11 is 12.2. The number of halogens is 3. The molecule has 3 rings (SSSR count).